The summed E-state index contributed by atoms with van der Waals surface area (Å²) in [5.41, 5.74) is 1.17. The average molecular weight is 292 g/mol. The smallest absolute Gasteiger partial charge is 0.305 e. The van der Waals surface area contributed by atoms with Crippen molar-refractivity contribution < 1.29 is 14.3 Å². The molecule has 0 saturated carbocycles. The molecule has 1 aliphatic rings. The number of allylic oxidation sites excluding steroid dienone is 4. The number of esters is 1. The molecule has 0 amide bonds. The SMILES string of the molecule is CCOC(=O)CCCCCCCCC(=O)C1C=CC=C1C. The van der Waals surface area contributed by atoms with E-state index >= 15 is 0 Å². The maximum atomic E-state index is 12.0. The third kappa shape index (κ3) is 7.26. The first-order chi connectivity index (χ1) is 10.1. The van der Waals surface area contributed by atoms with E-state index in [9.17, 15) is 9.59 Å². The molecule has 1 aliphatic carbocycles. The zero-order chi connectivity index (χ0) is 15.5. The van der Waals surface area contributed by atoms with Crippen LogP contribution >= 0.6 is 0 Å². The second-order valence-electron chi connectivity index (χ2n) is 5.67. The molecule has 0 aromatic rings. The summed E-state index contributed by atoms with van der Waals surface area (Å²) in [6.07, 6.45) is 13.5. The van der Waals surface area contributed by atoms with Gasteiger partial charge in [0.15, 0.2) is 0 Å². The average Bonchev–Trinajstić information content (AvgIpc) is 2.88. The van der Waals surface area contributed by atoms with E-state index in [1.54, 1.807) is 0 Å². The van der Waals surface area contributed by atoms with Gasteiger partial charge in [-0.1, -0.05) is 49.5 Å². The van der Waals surface area contributed by atoms with Gasteiger partial charge in [-0.2, -0.15) is 0 Å². The molecular weight excluding hydrogens is 264 g/mol. The van der Waals surface area contributed by atoms with Crippen LogP contribution in [0.4, 0.5) is 0 Å². The van der Waals surface area contributed by atoms with Gasteiger partial charge in [-0.15, -0.1) is 0 Å². The van der Waals surface area contributed by atoms with Crippen LogP contribution < -0.4 is 0 Å². The zero-order valence-corrected chi connectivity index (χ0v) is 13.4. The second-order valence-corrected chi connectivity index (χ2v) is 5.67. The first kappa shape index (κ1) is 17.7. The highest BCUT2D eigenvalue weighted by Gasteiger charge is 2.18. The molecule has 0 bridgehead atoms. The van der Waals surface area contributed by atoms with Crippen LogP contribution in [0, 0.1) is 5.92 Å². The van der Waals surface area contributed by atoms with Crippen molar-refractivity contribution in [2.75, 3.05) is 6.61 Å². The summed E-state index contributed by atoms with van der Waals surface area (Å²) in [7, 11) is 0. The summed E-state index contributed by atoms with van der Waals surface area (Å²) in [6.45, 7) is 4.32. The van der Waals surface area contributed by atoms with E-state index in [0.29, 0.717) is 25.2 Å². The lowest BCUT2D eigenvalue weighted by atomic mass is 9.95. The predicted octanol–water partition coefficient (Wildman–Crippen LogP) is 4.37. The fraction of sp³-hybridized carbons (Fsp3) is 0.667. The first-order valence-corrected chi connectivity index (χ1v) is 8.18. The molecule has 0 heterocycles. The Bertz CT molecular complexity index is 393. The van der Waals surface area contributed by atoms with E-state index in [2.05, 4.69) is 0 Å². The number of unbranched alkanes of at least 4 members (excludes halogenated alkanes) is 5. The normalized spacial score (nSPS) is 16.9. The number of hydrogen-bond acceptors (Lipinski definition) is 3. The molecule has 3 nitrogen and oxygen atoms in total. The van der Waals surface area contributed by atoms with E-state index in [1.165, 1.54) is 5.57 Å². The Morgan fingerprint density at radius 2 is 1.67 bits per heavy atom. The number of ether oxygens (including phenoxy) is 1. The van der Waals surface area contributed by atoms with Gasteiger partial charge in [0.05, 0.1) is 12.5 Å². The zero-order valence-electron chi connectivity index (χ0n) is 13.4. The third-order valence-electron chi connectivity index (χ3n) is 3.86. The highest BCUT2D eigenvalue weighted by molar-refractivity contribution is 5.86. The molecule has 1 atom stereocenters. The lowest BCUT2D eigenvalue weighted by Crippen LogP contribution is -2.11. The number of carbonyl (C=O) groups excluding carboxylic acids is 2. The van der Waals surface area contributed by atoms with Gasteiger partial charge in [0, 0.05) is 12.8 Å². The van der Waals surface area contributed by atoms with E-state index in [1.807, 2.05) is 32.1 Å². The Balaban J connectivity index is 1.93. The minimum absolute atomic E-state index is 0.0366. The molecule has 118 valence electrons. The molecule has 0 saturated heterocycles. The highest BCUT2D eigenvalue weighted by atomic mass is 16.5. The Morgan fingerprint density at radius 3 is 2.24 bits per heavy atom. The summed E-state index contributed by atoms with van der Waals surface area (Å²) < 4.78 is 4.88. The van der Waals surface area contributed by atoms with Gasteiger partial charge < -0.3 is 4.74 Å². The van der Waals surface area contributed by atoms with Crippen LogP contribution in [0.5, 0.6) is 0 Å². The quantitative estimate of drug-likeness (QED) is 0.419. The molecule has 0 aromatic carbocycles. The standard InChI is InChI=1S/C18H28O3/c1-3-21-18(20)14-9-7-5-4-6-8-13-17(19)16-12-10-11-15(16)2/h10-12,16H,3-9,13-14H2,1-2H3. The Morgan fingerprint density at radius 1 is 1.05 bits per heavy atom. The molecule has 3 heteroatoms. The summed E-state index contributed by atoms with van der Waals surface area (Å²) in [5, 5.41) is 0. The molecule has 21 heavy (non-hydrogen) atoms. The molecule has 0 aliphatic heterocycles. The van der Waals surface area contributed by atoms with Crippen LogP contribution in [0.1, 0.15) is 65.2 Å². The summed E-state index contributed by atoms with van der Waals surface area (Å²) in [5.74, 6) is 0.297. The van der Waals surface area contributed by atoms with Crippen molar-refractivity contribution in [2.24, 2.45) is 5.92 Å². The summed E-state index contributed by atoms with van der Waals surface area (Å²) in [4.78, 5) is 23.1. The van der Waals surface area contributed by atoms with Crippen LogP contribution in [-0.4, -0.2) is 18.4 Å². The molecule has 0 spiro atoms. The van der Waals surface area contributed by atoms with Crippen LogP contribution in [-0.2, 0) is 14.3 Å². The van der Waals surface area contributed by atoms with Crippen molar-refractivity contribution >= 4 is 11.8 Å². The number of hydrogen-bond donors (Lipinski definition) is 0. The van der Waals surface area contributed by atoms with Gasteiger partial charge in [0.1, 0.15) is 5.78 Å². The molecule has 0 radical (unpaired) electrons. The Labute approximate surface area is 128 Å². The summed E-state index contributed by atoms with van der Waals surface area (Å²) >= 11 is 0. The van der Waals surface area contributed by atoms with Crippen molar-refractivity contribution in [3.05, 3.63) is 23.8 Å². The van der Waals surface area contributed by atoms with Crippen LogP contribution in [0.3, 0.4) is 0 Å². The van der Waals surface area contributed by atoms with E-state index in [0.717, 1.165) is 38.5 Å². The number of carbonyl (C=O) groups is 2. The topological polar surface area (TPSA) is 43.4 Å². The van der Waals surface area contributed by atoms with Gasteiger partial charge in [-0.25, -0.2) is 0 Å². The Hall–Kier alpha value is -1.38. The lowest BCUT2D eigenvalue weighted by Gasteiger charge is -2.08. The molecule has 1 rings (SSSR count). The number of Topliss-reactive ketones (excluding diaryl/α,β-unsaturated/α-hetero) is 1. The van der Waals surface area contributed by atoms with Crippen molar-refractivity contribution in [1.82, 2.24) is 0 Å². The Kier molecular flexibility index (Phi) is 8.72. The number of rotatable bonds is 11. The van der Waals surface area contributed by atoms with E-state index in [-0.39, 0.29) is 11.9 Å². The van der Waals surface area contributed by atoms with Gasteiger partial charge in [-0.05, 0) is 26.7 Å². The van der Waals surface area contributed by atoms with Crippen molar-refractivity contribution in [3.8, 4) is 0 Å². The molecular formula is C18H28O3. The van der Waals surface area contributed by atoms with Crippen molar-refractivity contribution in [2.45, 2.75) is 65.2 Å². The van der Waals surface area contributed by atoms with Crippen molar-refractivity contribution in [1.29, 1.82) is 0 Å². The number of ketones is 1. The molecule has 0 aromatic heterocycles. The van der Waals surface area contributed by atoms with Gasteiger partial charge in [0.25, 0.3) is 0 Å². The maximum Gasteiger partial charge on any atom is 0.305 e. The van der Waals surface area contributed by atoms with Gasteiger partial charge in [-0.3, -0.25) is 9.59 Å². The van der Waals surface area contributed by atoms with E-state index in [4.69, 9.17) is 4.74 Å². The van der Waals surface area contributed by atoms with Gasteiger partial charge in [0.2, 0.25) is 0 Å². The lowest BCUT2D eigenvalue weighted by molar-refractivity contribution is -0.143. The highest BCUT2D eigenvalue weighted by Crippen LogP contribution is 2.22. The van der Waals surface area contributed by atoms with Crippen LogP contribution in [0.2, 0.25) is 0 Å². The fourth-order valence-electron chi connectivity index (χ4n) is 2.60. The van der Waals surface area contributed by atoms with Crippen LogP contribution in [0.25, 0.3) is 0 Å². The minimum Gasteiger partial charge on any atom is -0.466 e. The molecule has 0 fully saturated rings. The fourth-order valence-corrected chi connectivity index (χ4v) is 2.60. The van der Waals surface area contributed by atoms with Gasteiger partial charge >= 0.3 is 5.97 Å². The molecule has 1 unspecified atom stereocenters. The second kappa shape index (κ2) is 10.4. The summed E-state index contributed by atoms with van der Waals surface area (Å²) in [6, 6.07) is 0. The molecule has 0 N–H and O–H groups in total. The van der Waals surface area contributed by atoms with E-state index < -0.39 is 0 Å². The maximum absolute atomic E-state index is 12.0. The van der Waals surface area contributed by atoms with Crippen LogP contribution in [0.15, 0.2) is 23.8 Å². The third-order valence-corrected chi connectivity index (χ3v) is 3.86. The largest absolute Gasteiger partial charge is 0.466 e. The predicted molar refractivity (Wildman–Crippen MR) is 85.0 cm³/mol. The monoisotopic (exact) mass is 292 g/mol. The minimum atomic E-state index is -0.0869. The first-order valence-electron chi connectivity index (χ1n) is 8.18. The van der Waals surface area contributed by atoms with Crippen molar-refractivity contribution in [3.63, 3.8) is 0 Å².